The van der Waals surface area contributed by atoms with Gasteiger partial charge in [-0.2, -0.15) is 4.31 Å². The molecule has 1 aliphatic rings. The number of urea groups is 1. The molecule has 184 valence electrons. The van der Waals surface area contributed by atoms with Crippen molar-refractivity contribution < 1.29 is 22.7 Å². The van der Waals surface area contributed by atoms with Gasteiger partial charge in [0.1, 0.15) is 5.75 Å². The Kier molecular flexibility index (Phi) is 8.51. The molecule has 1 unspecified atom stereocenters. The second-order valence-electron chi connectivity index (χ2n) is 7.95. The van der Waals surface area contributed by atoms with Crippen molar-refractivity contribution >= 4 is 33.3 Å². The Morgan fingerprint density at radius 3 is 2.29 bits per heavy atom. The molecule has 10 heteroatoms. The van der Waals surface area contributed by atoms with Crippen LogP contribution in [0.4, 0.5) is 16.2 Å². The zero-order valence-corrected chi connectivity index (χ0v) is 20.6. The molecule has 1 fully saturated rings. The van der Waals surface area contributed by atoms with Crippen molar-refractivity contribution in [2.24, 2.45) is 5.92 Å². The fraction of sp³-hybridized carbons (Fsp3) is 0.417. The van der Waals surface area contributed by atoms with Gasteiger partial charge in [0.15, 0.2) is 0 Å². The van der Waals surface area contributed by atoms with Gasteiger partial charge in [0.05, 0.1) is 11.5 Å². The van der Waals surface area contributed by atoms with Crippen LogP contribution in [0.2, 0.25) is 0 Å². The van der Waals surface area contributed by atoms with E-state index < -0.39 is 16.1 Å². The number of ether oxygens (including phenoxy) is 1. The van der Waals surface area contributed by atoms with Crippen LogP contribution in [0.25, 0.3) is 0 Å². The van der Waals surface area contributed by atoms with E-state index in [0.29, 0.717) is 44.9 Å². The van der Waals surface area contributed by atoms with Crippen LogP contribution in [0, 0.1) is 5.92 Å². The first-order valence-corrected chi connectivity index (χ1v) is 12.9. The molecular formula is C24H32N4O5S. The number of anilines is 2. The van der Waals surface area contributed by atoms with Crippen molar-refractivity contribution in [3.05, 3.63) is 48.5 Å². The summed E-state index contributed by atoms with van der Waals surface area (Å²) in [6, 6.07) is 13.1. The zero-order valence-electron chi connectivity index (χ0n) is 19.8. The Labute approximate surface area is 201 Å². The van der Waals surface area contributed by atoms with Gasteiger partial charge in [0.2, 0.25) is 15.9 Å². The minimum atomic E-state index is -3.55. The van der Waals surface area contributed by atoms with Gasteiger partial charge >= 0.3 is 6.03 Å². The molecule has 1 heterocycles. The fourth-order valence-corrected chi connectivity index (χ4v) is 5.35. The quantitative estimate of drug-likeness (QED) is 0.534. The van der Waals surface area contributed by atoms with E-state index in [2.05, 4.69) is 10.6 Å². The van der Waals surface area contributed by atoms with Crippen LogP contribution in [0.15, 0.2) is 53.4 Å². The van der Waals surface area contributed by atoms with Gasteiger partial charge in [-0.05, 0) is 55.5 Å². The Balaban J connectivity index is 1.51. The molecular weight excluding hydrogens is 456 g/mol. The Hall–Kier alpha value is -3.11. The molecule has 3 rings (SSSR count). The summed E-state index contributed by atoms with van der Waals surface area (Å²) >= 11 is 0. The first-order valence-electron chi connectivity index (χ1n) is 11.5. The number of hydrogen-bond donors (Lipinski definition) is 2. The monoisotopic (exact) mass is 488 g/mol. The third-order valence-electron chi connectivity index (χ3n) is 5.67. The summed E-state index contributed by atoms with van der Waals surface area (Å²) in [4.78, 5) is 26.7. The van der Waals surface area contributed by atoms with Crippen molar-refractivity contribution in [2.45, 2.75) is 32.1 Å². The summed E-state index contributed by atoms with van der Waals surface area (Å²) in [7, 11) is -3.55. The van der Waals surface area contributed by atoms with E-state index >= 15 is 0 Å². The zero-order chi connectivity index (χ0) is 24.7. The lowest BCUT2D eigenvalue weighted by Crippen LogP contribution is -2.34. The molecule has 0 spiro atoms. The number of nitrogens with zero attached hydrogens (tertiary/aromatic N) is 2. The van der Waals surface area contributed by atoms with E-state index in [4.69, 9.17) is 4.74 Å². The summed E-state index contributed by atoms with van der Waals surface area (Å²) in [5, 5.41) is 5.50. The number of sulfonamides is 1. The summed E-state index contributed by atoms with van der Waals surface area (Å²) in [6.07, 6.45) is 0.353. The molecule has 1 aliphatic heterocycles. The number of benzene rings is 2. The van der Waals surface area contributed by atoms with Gasteiger partial charge in [-0.1, -0.05) is 13.8 Å². The molecule has 1 saturated heterocycles. The Morgan fingerprint density at radius 2 is 1.71 bits per heavy atom. The maximum Gasteiger partial charge on any atom is 0.319 e. The topological polar surface area (TPSA) is 108 Å². The van der Waals surface area contributed by atoms with Crippen molar-refractivity contribution in [3.63, 3.8) is 0 Å². The maximum absolute atomic E-state index is 12.6. The number of rotatable bonds is 10. The third-order valence-corrected chi connectivity index (χ3v) is 7.74. The second kappa shape index (κ2) is 11.3. The minimum absolute atomic E-state index is 0.00796. The average molecular weight is 489 g/mol. The van der Waals surface area contributed by atoms with Crippen LogP contribution in [0.5, 0.6) is 5.75 Å². The van der Waals surface area contributed by atoms with E-state index in [1.807, 2.05) is 31.2 Å². The second-order valence-corrected chi connectivity index (χ2v) is 9.89. The highest BCUT2D eigenvalue weighted by Gasteiger charge is 2.30. The summed E-state index contributed by atoms with van der Waals surface area (Å²) in [6.45, 7) is 7.72. The molecule has 0 bridgehead atoms. The number of hydrogen-bond acceptors (Lipinski definition) is 5. The van der Waals surface area contributed by atoms with Crippen molar-refractivity contribution in [1.29, 1.82) is 0 Å². The summed E-state index contributed by atoms with van der Waals surface area (Å²) in [5.41, 5.74) is 1.29. The number of carbonyl (C=O) groups excluding carboxylic acids is 2. The van der Waals surface area contributed by atoms with Gasteiger partial charge in [-0.15, -0.1) is 0 Å². The van der Waals surface area contributed by atoms with Crippen molar-refractivity contribution in [1.82, 2.24) is 9.62 Å². The van der Waals surface area contributed by atoms with E-state index in [9.17, 15) is 18.0 Å². The summed E-state index contributed by atoms with van der Waals surface area (Å²) in [5.74, 6) is 0.763. The molecule has 0 radical (unpaired) electrons. The molecule has 0 saturated carbocycles. The Bertz CT molecular complexity index is 1080. The molecule has 3 amide bonds. The van der Waals surface area contributed by atoms with E-state index in [1.54, 1.807) is 30.9 Å². The maximum atomic E-state index is 12.6. The smallest absolute Gasteiger partial charge is 0.319 e. The number of amides is 3. The highest BCUT2D eigenvalue weighted by Crippen LogP contribution is 2.26. The van der Waals surface area contributed by atoms with Crippen LogP contribution in [-0.2, 0) is 14.8 Å². The minimum Gasteiger partial charge on any atom is -0.494 e. The normalized spacial score (nSPS) is 16.1. The number of nitrogens with one attached hydrogen (secondary N) is 2. The standard InChI is InChI=1S/C24H32N4O5S/c1-4-27(5-2)34(31,32)22-13-7-19(8-14-22)26-24(30)25-16-18-15-23(29)28(17-18)20-9-11-21(12-10-20)33-6-3/h7-14,18H,4-6,15-17H2,1-3H3,(H2,25,26,30). The summed E-state index contributed by atoms with van der Waals surface area (Å²) < 4.78 is 32.0. The van der Waals surface area contributed by atoms with Gasteiger partial charge in [0.25, 0.3) is 0 Å². The van der Waals surface area contributed by atoms with Gasteiger partial charge in [0, 0.05) is 49.9 Å². The van der Waals surface area contributed by atoms with Crippen LogP contribution in [0.3, 0.4) is 0 Å². The average Bonchev–Trinajstić information content (AvgIpc) is 3.20. The van der Waals surface area contributed by atoms with E-state index in [0.717, 1.165) is 11.4 Å². The highest BCUT2D eigenvalue weighted by atomic mass is 32.2. The predicted molar refractivity (Wildman–Crippen MR) is 132 cm³/mol. The van der Waals surface area contributed by atoms with Gasteiger partial charge in [-0.3, -0.25) is 4.79 Å². The molecule has 2 N–H and O–H groups in total. The lowest BCUT2D eigenvalue weighted by Gasteiger charge is -2.18. The van der Waals surface area contributed by atoms with Gasteiger partial charge in [-0.25, -0.2) is 13.2 Å². The fourth-order valence-electron chi connectivity index (χ4n) is 3.89. The van der Waals surface area contributed by atoms with Crippen LogP contribution < -0.4 is 20.3 Å². The molecule has 2 aromatic rings. The molecule has 1 atom stereocenters. The largest absolute Gasteiger partial charge is 0.494 e. The Morgan fingerprint density at radius 1 is 1.06 bits per heavy atom. The lowest BCUT2D eigenvalue weighted by molar-refractivity contribution is -0.117. The van der Waals surface area contributed by atoms with E-state index in [-0.39, 0.29) is 16.7 Å². The van der Waals surface area contributed by atoms with Crippen molar-refractivity contribution in [3.8, 4) is 5.75 Å². The van der Waals surface area contributed by atoms with Crippen molar-refractivity contribution in [2.75, 3.05) is 43.0 Å². The third kappa shape index (κ3) is 6.06. The first-order chi connectivity index (χ1) is 16.3. The first kappa shape index (κ1) is 25.5. The van der Waals surface area contributed by atoms with Gasteiger partial charge < -0.3 is 20.3 Å². The van der Waals surface area contributed by atoms with Crippen LogP contribution in [0.1, 0.15) is 27.2 Å². The molecule has 0 aromatic heterocycles. The molecule has 0 aliphatic carbocycles. The predicted octanol–water partition coefficient (Wildman–Crippen LogP) is 3.29. The SMILES string of the molecule is CCOc1ccc(N2CC(CNC(=O)Nc3ccc(S(=O)(=O)N(CC)CC)cc3)CC2=O)cc1. The molecule has 2 aromatic carbocycles. The van der Waals surface area contributed by atoms with E-state index in [1.165, 1.54) is 16.4 Å². The van der Waals surface area contributed by atoms with Crippen LogP contribution >= 0.6 is 0 Å². The lowest BCUT2D eigenvalue weighted by atomic mass is 10.1. The molecule has 34 heavy (non-hydrogen) atoms. The molecule has 9 nitrogen and oxygen atoms in total. The van der Waals surface area contributed by atoms with Crippen LogP contribution in [-0.4, -0.2) is 57.4 Å². The highest BCUT2D eigenvalue weighted by molar-refractivity contribution is 7.89. The number of carbonyl (C=O) groups is 2.